The molecule has 30 heavy (non-hydrogen) atoms. The molecule has 1 unspecified atom stereocenters. The van der Waals surface area contributed by atoms with Crippen molar-refractivity contribution < 1.29 is 9.53 Å². The van der Waals surface area contributed by atoms with Crippen molar-refractivity contribution in [1.82, 2.24) is 10.2 Å². The van der Waals surface area contributed by atoms with E-state index in [4.69, 9.17) is 4.74 Å². The van der Waals surface area contributed by atoms with E-state index in [1.54, 1.807) is 0 Å². The zero-order valence-corrected chi connectivity index (χ0v) is 18.8. The summed E-state index contributed by atoms with van der Waals surface area (Å²) in [4.78, 5) is 16.7. The highest BCUT2D eigenvalue weighted by molar-refractivity contribution is 5.71. The van der Waals surface area contributed by atoms with Crippen molar-refractivity contribution in [2.24, 2.45) is 0 Å². The van der Waals surface area contributed by atoms with Gasteiger partial charge in [0.15, 0.2) is 0 Å². The highest BCUT2D eigenvalue weighted by Crippen LogP contribution is 2.39. The van der Waals surface area contributed by atoms with Crippen LogP contribution in [0.2, 0.25) is 0 Å². The highest BCUT2D eigenvalue weighted by atomic mass is 16.6. The summed E-state index contributed by atoms with van der Waals surface area (Å²) >= 11 is 0. The first-order chi connectivity index (χ1) is 14.5. The lowest BCUT2D eigenvalue weighted by Gasteiger charge is -2.43. The molecule has 1 atom stereocenters. The summed E-state index contributed by atoms with van der Waals surface area (Å²) in [5.74, 6) is 0.591. The fourth-order valence-electron chi connectivity index (χ4n) is 4.26. The van der Waals surface area contributed by atoms with Gasteiger partial charge >= 0.3 is 6.09 Å². The molecule has 3 rings (SSSR count). The van der Waals surface area contributed by atoms with Crippen molar-refractivity contribution in [3.8, 4) is 5.75 Å². The van der Waals surface area contributed by atoms with Crippen LogP contribution in [0.4, 0.5) is 10.5 Å². The van der Waals surface area contributed by atoms with Gasteiger partial charge in [0.1, 0.15) is 11.9 Å². The minimum absolute atomic E-state index is 0.182. The summed E-state index contributed by atoms with van der Waals surface area (Å²) in [5.41, 5.74) is 4.93. The summed E-state index contributed by atoms with van der Waals surface area (Å²) in [6, 6.07) is 14.5. The molecule has 2 aromatic carbocycles. The number of nitrogens with zero attached hydrogens (tertiary/aromatic N) is 2. The SMILES string of the molecule is CCCCCCCNC(=O)Oc1ccc2c(c1)CN(C)C(c1ccccc1C)N2C. The van der Waals surface area contributed by atoms with Crippen LogP contribution in [0.15, 0.2) is 42.5 Å². The minimum atomic E-state index is -0.374. The molecule has 0 saturated heterocycles. The number of amides is 1. The zero-order chi connectivity index (χ0) is 21.5. The maximum atomic E-state index is 12.1. The van der Waals surface area contributed by atoms with Crippen LogP contribution in [0.5, 0.6) is 5.75 Å². The van der Waals surface area contributed by atoms with E-state index in [1.165, 1.54) is 36.1 Å². The molecule has 5 heteroatoms. The summed E-state index contributed by atoms with van der Waals surface area (Å²) < 4.78 is 5.52. The topological polar surface area (TPSA) is 44.8 Å². The maximum Gasteiger partial charge on any atom is 0.412 e. The number of carbonyl (C=O) groups excluding carboxylic acids is 1. The smallest absolute Gasteiger partial charge is 0.410 e. The van der Waals surface area contributed by atoms with E-state index in [1.807, 2.05) is 12.1 Å². The van der Waals surface area contributed by atoms with Gasteiger partial charge in [-0.05, 0) is 55.3 Å². The summed E-state index contributed by atoms with van der Waals surface area (Å²) in [6.07, 6.45) is 5.66. The molecule has 0 fully saturated rings. The minimum Gasteiger partial charge on any atom is -0.410 e. The quantitative estimate of drug-likeness (QED) is 0.574. The second-order valence-corrected chi connectivity index (χ2v) is 8.28. The third-order valence-electron chi connectivity index (χ3n) is 5.86. The first-order valence-electron chi connectivity index (χ1n) is 11.1. The van der Waals surface area contributed by atoms with Gasteiger partial charge in [0, 0.05) is 25.8 Å². The lowest BCUT2D eigenvalue weighted by atomic mass is 9.99. The number of aryl methyl sites for hydroxylation is 1. The van der Waals surface area contributed by atoms with Crippen molar-refractivity contribution >= 4 is 11.8 Å². The van der Waals surface area contributed by atoms with Gasteiger partial charge in [0.2, 0.25) is 0 Å². The molecule has 0 aromatic heterocycles. The van der Waals surface area contributed by atoms with Gasteiger partial charge in [-0.25, -0.2) is 4.79 Å². The first-order valence-corrected chi connectivity index (χ1v) is 11.1. The van der Waals surface area contributed by atoms with E-state index in [9.17, 15) is 4.79 Å². The number of ether oxygens (including phenoxy) is 1. The van der Waals surface area contributed by atoms with Crippen molar-refractivity contribution in [2.45, 2.75) is 58.7 Å². The molecule has 162 valence electrons. The Morgan fingerprint density at radius 2 is 1.87 bits per heavy atom. The van der Waals surface area contributed by atoms with Gasteiger partial charge in [-0.15, -0.1) is 0 Å². The molecule has 1 aliphatic rings. The Morgan fingerprint density at radius 3 is 2.63 bits per heavy atom. The lowest BCUT2D eigenvalue weighted by Crippen LogP contribution is -2.41. The van der Waals surface area contributed by atoms with E-state index < -0.39 is 0 Å². The molecule has 1 amide bonds. The van der Waals surface area contributed by atoms with Crippen molar-refractivity contribution in [3.05, 3.63) is 59.2 Å². The van der Waals surface area contributed by atoms with Gasteiger partial charge in [-0.1, -0.05) is 56.9 Å². The van der Waals surface area contributed by atoms with Crippen LogP contribution < -0.4 is 15.0 Å². The number of anilines is 1. The van der Waals surface area contributed by atoms with E-state index in [0.717, 1.165) is 24.9 Å². The molecule has 0 aliphatic carbocycles. The molecule has 0 spiro atoms. The van der Waals surface area contributed by atoms with Gasteiger partial charge in [-0.3, -0.25) is 4.90 Å². The number of nitrogens with one attached hydrogen (secondary N) is 1. The zero-order valence-electron chi connectivity index (χ0n) is 18.8. The average Bonchev–Trinajstić information content (AvgIpc) is 2.72. The predicted octanol–water partition coefficient (Wildman–Crippen LogP) is 5.63. The van der Waals surface area contributed by atoms with Gasteiger partial charge in [0.05, 0.1) is 0 Å². The van der Waals surface area contributed by atoms with Crippen LogP contribution in [0.25, 0.3) is 0 Å². The number of fused-ring (bicyclic) bond motifs is 1. The monoisotopic (exact) mass is 409 g/mol. The molecule has 0 saturated carbocycles. The Kier molecular flexibility index (Phi) is 7.75. The number of benzene rings is 2. The first kappa shape index (κ1) is 22.2. The fourth-order valence-corrected chi connectivity index (χ4v) is 4.26. The lowest BCUT2D eigenvalue weighted by molar-refractivity contribution is 0.199. The number of carbonyl (C=O) groups is 1. The maximum absolute atomic E-state index is 12.1. The molecule has 0 bridgehead atoms. The molecule has 2 aromatic rings. The summed E-state index contributed by atoms with van der Waals surface area (Å²) in [5, 5.41) is 2.86. The molecule has 1 aliphatic heterocycles. The van der Waals surface area contributed by atoms with Crippen molar-refractivity contribution in [3.63, 3.8) is 0 Å². The van der Waals surface area contributed by atoms with Crippen LogP contribution in [0, 0.1) is 6.92 Å². The molecule has 0 radical (unpaired) electrons. The van der Waals surface area contributed by atoms with Gasteiger partial charge < -0.3 is 15.0 Å². The Morgan fingerprint density at radius 1 is 1.10 bits per heavy atom. The normalized spacial score (nSPS) is 16.3. The van der Waals surface area contributed by atoms with E-state index in [-0.39, 0.29) is 12.3 Å². The Bertz CT molecular complexity index is 852. The largest absolute Gasteiger partial charge is 0.412 e. The third kappa shape index (κ3) is 5.33. The molecule has 1 heterocycles. The Hall–Kier alpha value is -2.53. The number of unbranched alkanes of at least 4 members (excludes halogenated alkanes) is 4. The molecular weight excluding hydrogens is 374 g/mol. The number of rotatable bonds is 8. The van der Waals surface area contributed by atoms with E-state index in [0.29, 0.717) is 12.3 Å². The Balaban J connectivity index is 1.62. The third-order valence-corrected chi connectivity index (χ3v) is 5.86. The predicted molar refractivity (Wildman–Crippen MR) is 123 cm³/mol. The highest BCUT2D eigenvalue weighted by Gasteiger charge is 2.30. The average molecular weight is 410 g/mol. The second kappa shape index (κ2) is 10.5. The van der Waals surface area contributed by atoms with Crippen LogP contribution in [0.3, 0.4) is 0 Å². The van der Waals surface area contributed by atoms with Gasteiger partial charge in [-0.2, -0.15) is 0 Å². The van der Waals surface area contributed by atoms with E-state index in [2.05, 4.69) is 73.4 Å². The molecule has 1 N–H and O–H groups in total. The second-order valence-electron chi connectivity index (χ2n) is 8.28. The Labute approximate surface area is 181 Å². The number of hydrogen-bond donors (Lipinski definition) is 1. The van der Waals surface area contributed by atoms with Crippen LogP contribution in [0.1, 0.15) is 61.9 Å². The van der Waals surface area contributed by atoms with Crippen LogP contribution >= 0.6 is 0 Å². The summed E-state index contributed by atoms with van der Waals surface area (Å²) in [6.45, 7) is 5.82. The standard InChI is InChI=1S/C25H35N3O2/c1-5-6-7-8-11-16-26-25(29)30-21-14-15-23-20(17-21)18-27(3)24(28(23)4)22-13-10-9-12-19(22)2/h9-10,12-15,17,24H,5-8,11,16,18H2,1-4H3,(H,26,29). The fraction of sp³-hybridized carbons (Fsp3) is 0.480. The molecular formula is C25H35N3O2. The van der Waals surface area contributed by atoms with E-state index >= 15 is 0 Å². The van der Waals surface area contributed by atoms with Crippen LogP contribution in [-0.4, -0.2) is 31.6 Å². The van der Waals surface area contributed by atoms with Crippen molar-refractivity contribution in [2.75, 3.05) is 25.5 Å². The number of hydrogen-bond acceptors (Lipinski definition) is 4. The van der Waals surface area contributed by atoms with Crippen LogP contribution in [-0.2, 0) is 6.54 Å². The van der Waals surface area contributed by atoms with Crippen molar-refractivity contribution in [1.29, 1.82) is 0 Å². The molecule has 5 nitrogen and oxygen atoms in total. The summed E-state index contributed by atoms with van der Waals surface area (Å²) in [7, 11) is 4.26. The van der Waals surface area contributed by atoms with Gasteiger partial charge in [0.25, 0.3) is 0 Å².